The van der Waals surface area contributed by atoms with E-state index in [-0.39, 0.29) is 0 Å². The molecule has 3 nitrogen and oxygen atoms in total. The van der Waals surface area contributed by atoms with Gasteiger partial charge in [0.2, 0.25) is 0 Å². The maximum absolute atomic E-state index is 3.92. The van der Waals surface area contributed by atoms with E-state index in [4.69, 9.17) is 0 Å². The number of hydrogen-bond donors (Lipinski definition) is 1. The fraction of sp³-hybridized carbons (Fsp3) is 0.889. The third-order valence-corrected chi connectivity index (χ3v) is 0.921. The average molecular weight is 175 g/mol. The van der Waals surface area contributed by atoms with Crippen LogP contribution in [0.25, 0.3) is 0 Å². The fourth-order valence-electron chi connectivity index (χ4n) is 0.262. The molecule has 0 amide bonds. The van der Waals surface area contributed by atoms with Crippen LogP contribution in [0.4, 0.5) is 0 Å². The van der Waals surface area contributed by atoms with E-state index >= 15 is 0 Å². The summed E-state index contributed by atoms with van der Waals surface area (Å²) in [7, 11) is 5.69. The summed E-state index contributed by atoms with van der Waals surface area (Å²) >= 11 is 0. The Bertz CT molecular complexity index is 87.8. The van der Waals surface area contributed by atoms with Crippen LogP contribution in [0.3, 0.4) is 0 Å². The summed E-state index contributed by atoms with van der Waals surface area (Å²) in [5.74, 6) is 0.979. The van der Waals surface area contributed by atoms with Crippen LogP contribution in [0.5, 0.6) is 0 Å². The molecule has 0 aromatic rings. The second kappa shape index (κ2) is 16.7. The Hall–Kier alpha value is -0.730. The molecule has 0 aromatic carbocycles. The van der Waals surface area contributed by atoms with Crippen LogP contribution in [-0.2, 0) is 0 Å². The van der Waals surface area contributed by atoms with Crippen molar-refractivity contribution in [2.75, 3.05) is 21.1 Å². The smallest absolute Gasteiger partial charge is 0.121 e. The van der Waals surface area contributed by atoms with Crippen LogP contribution in [0, 0.1) is 0 Å². The van der Waals surface area contributed by atoms with Gasteiger partial charge in [0.05, 0.1) is 0 Å². The lowest BCUT2D eigenvalue weighted by atomic mass is 10.6. The van der Waals surface area contributed by atoms with Crippen molar-refractivity contribution in [2.24, 2.45) is 5.10 Å². The van der Waals surface area contributed by atoms with Gasteiger partial charge >= 0.3 is 0 Å². The van der Waals surface area contributed by atoms with Gasteiger partial charge in [0.1, 0.15) is 5.84 Å². The number of amidine groups is 1. The highest BCUT2D eigenvalue weighted by atomic mass is 15.3. The molecular formula is C9H25N3. The predicted molar refractivity (Wildman–Crippen MR) is 58.6 cm³/mol. The van der Waals surface area contributed by atoms with Gasteiger partial charge in [-0.25, -0.2) is 0 Å². The zero-order valence-electron chi connectivity index (χ0n) is 9.89. The first kappa shape index (κ1) is 17.4. The molecule has 0 aromatic heterocycles. The number of nitrogens with one attached hydrogen (secondary N) is 1. The van der Waals surface area contributed by atoms with Crippen molar-refractivity contribution >= 4 is 5.84 Å². The molecule has 0 rings (SSSR count). The van der Waals surface area contributed by atoms with Crippen molar-refractivity contribution in [3.63, 3.8) is 0 Å². The van der Waals surface area contributed by atoms with E-state index in [1.165, 1.54) is 0 Å². The van der Waals surface area contributed by atoms with E-state index < -0.39 is 0 Å². The predicted octanol–water partition coefficient (Wildman–Crippen LogP) is 2.15. The minimum absolute atomic E-state index is 0.979. The van der Waals surface area contributed by atoms with Crippen molar-refractivity contribution in [2.45, 2.75) is 34.6 Å². The van der Waals surface area contributed by atoms with E-state index in [1.807, 2.05) is 53.6 Å². The lowest BCUT2D eigenvalue weighted by Gasteiger charge is -2.09. The van der Waals surface area contributed by atoms with E-state index in [9.17, 15) is 0 Å². The van der Waals surface area contributed by atoms with Crippen LogP contribution in [0.15, 0.2) is 5.10 Å². The van der Waals surface area contributed by atoms with Gasteiger partial charge in [-0.1, -0.05) is 27.7 Å². The maximum Gasteiger partial charge on any atom is 0.121 e. The van der Waals surface area contributed by atoms with Crippen molar-refractivity contribution in [3.8, 4) is 0 Å². The topological polar surface area (TPSA) is 27.6 Å². The van der Waals surface area contributed by atoms with Crippen LogP contribution < -0.4 is 5.43 Å². The number of hydrogen-bond acceptors (Lipinski definition) is 2. The van der Waals surface area contributed by atoms with Gasteiger partial charge in [0, 0.05) is 21.1 Å². The average Bonchev–Trinajstić information content (AvgIpc) is 2.12. The zero-order valence-corrected chi connectivity index (χ0v) is 9.89. The van der Waals surface area contributed by atoms with Crippen molar-refractivity contribution in [1.82, 2.24) is 10.3 Å². The Morgan fingerprint density at radius 1 is 1.08 bits per heavy atom. The molecule has 76 valence electrons. The molecule has 0 aliphatic heterocycles. The summed E-state index contributed by atoms with van der Waals surface area (Å²) in [6.07, 6.45) is 0. The Labute approximate surface area is 77.8 Å². The number of nitrogens with zero attached hydrogens (tertiary/aromatic N) is 2. The Balaban J connectivity index is -0.000000175. The monoisotopic (exact) mass is 175 g/mol. The van der Waals surface area contributed by atoms with Crippen LogP contribution in [0.1, 0.15) is 34.6 Å². The van der Waals surface area contributed by atoms with Crippen LogP contribution in [-0.4, -0.2) is 31.9 Å². The second-order valence-electron chi connectivity index (χ2n) is 1.78. The molecule has 1 N–H and O–H groups in total. The summed E-state index contributed by atoms with van der Waals surface area (Å²) in [4.78, 5) is 1.94. The Morgan fingerprint density at radius 2 is 1.42 bits per heavy atom. The molecule has 12 heavy (non-hydrogen) atoms. The van der Waals surface area contributed by atoms with Crippen LogP contribution in [0.2, 0.25) is 0 Å². The Morgan fingerprint density at radius 3 is 1.50 bits per heavy atom. The molecule has 0 atom stereocenters. The first-order chi connectivity index (χ1) is 5.68. The first-order valence-electron chi connectivity index (χ1n) is 4.57. The van der Waals surface area contributed by atoms with Gasteiger partial charge in [-0.2, -0.15) is 5.10 Å². The third-order valence-electron chi connectivity index (χ3n) is 0.921. The lowest BCUT2D eigenvalue weighted by molar-refractivity contribution is 0.607. The molecule has 0 saturated carbocycles. The quantitative estimate of drug-likeness (QED) is 0.376. The number of rotatable bonds is 1. The molecule has 0 spiro atoms. The minimum Gasteiger partial charge on any atom is -0.365 e. The zero-order chi connectivity index (χ0) is 10.6. The third kappa shape index (κ3) is 16.1. The van der Waals surface area contributed by atoms with Crippen LogP contribution >= 0.6 is 0 Å². The van der Waals surface area contributed by atoms with E-state index in [1.54, 1.807) is 7.05 Å². The van der Waals surface area contributed by atoms with E-state index in [0.29, 0.717) is 0 Å². The molecule has 0 bridgehead atoms. The molecule has 0 saturated heterocycles. The number of hydrazone groups is 1. The molecule has 0 fully saturated rings. The van der Waals surface area contributed by atoms with E-state index in [2.05, 4.69) is 10.5 Å². The summed E-state index contributed by atoms with van der Waals surface area (Å²) in [6, 6.07) is 0. The Kier molecular flexibility index (Phi) is 24.2. The molecular weight excluding hydrogens is 150 g/mol. The molecule has 0 radical (unpaired) electrons. The highest BCUT2D eigenvalue weighted by Gasteiger charge is 1.87. The van der Waals surface area contributed by atoms with Gasteiger partial charge in [-0.15, -0.1) is 0 Å². The first-order valence-corrected chi connectivity index (χ1v) is 4.57. The highest BCUT2D eigenvalue weighted by molar-refractivity contribution is 5.78. The summed E-state index contributed by atoms with van der Waals surface area (Å²) in [6.45, 7) is 9.94. The van der Waals surface area contributed by atoms with Crippen molar-refractivity contribution in [1.29, 1.82) is 0 Å². The van der Waals surface area contributed by atoms with Crippen molar-refractivity contribution < 1.29 is 0 Å². The van der Waals surface area contributed by atoms with Crippen molar-refractivity contribution in [3.05, 3.63) is 0 Å². The largest absolute Gasteiger partial charge is 0.365 e. The second-order valence-corrected chi connectivity index (χ2v) is 1.78. The summed E-state index contributed by atoms with van der Waals surface area (Å²) in [5.41, 5.74) is 2.70. The standard InChI is InChI=1S/C5H13N3.2C2H6/c1-5(7-6-2)8(3)4;2*1-2/h6H,1-4H3;2*1-2H3/b7-5-;;. The molecule has 0 heterocycles. The fourth-order valence-corrected chi connectivity index (χ4v) is 0.262. The summed E-state index contributed by atoms with van der Waals surface area (Å²) in [5, 5.41) is 3.92. The molecule has 0 aliphatic rings. The maximum atomic E-state index is 3.92. The highest BCUT2D eigenvalue weighted by Crippen LogP contribution is 1.76. The van der Waals surface area contributed by atoms with Gasteiger partial charge < -0.3 is 10.3 Å². The molecule has 0 aliphatic carbocycles. The normalized spacial score (nSPS) is 8.50. The molecule has 0 unspecified atom stereocenters. The SMILES string of the molecule is CC.CC.CN/N=C(/C)N(C)C. The molecule has 3 heteroatoms. The van der Waals surface area contributed by atoms with Gasteiger partial charge in [-0.3, -0.25) is 0 Å². The summed E-state index contributed by atoms with van der Waals surface area (Å²) < 4.78 is 0. The van der Waals surface area contributed by atoms with Gasteiger partial charge in [0.25, 0.3) is 0 Å². The lowest BCUT2D eigenvalue weighted by Crippen LogP contribution is -2.20. The van der Waals surface area contributed by atoms with E-state index in [0.717, 1.165) is 5.84 Å². The van der Waals surface area contributed by atoms with Gasteiger partial charge in [0.15, 0.2) is 0 Å². The minimum atomic E-state index is 0.979. The van der Waals surface area contributed by atoms with Gasteiger partial charge in [-0.05, 0) is 6.92 Å².